The summed E-state index contributed by atoms with van der Waals surface area (Å²) in [6.07, 6.45) is 7.79. The first kappa shape index (κ1) is 24.6. The van der Waals surface area contributed by atoms with Crippen LogP contribution in [0.4, 0.5) is 0 Å². The molecule has 0 aliphatic carbocycles. The van der Waals surface area contributed by atoms with Crippen molar-refractivity contribution in [3.8, 4) is 23.7 Å². The zero-order valence-corrected chi connectivity index (χ0v) is 13.5. The molecule has 0 spiro atoms. The third-order valence-electron chi connectivity index (χ3n) is 2.19. The van der Waals surface area contributed by atoms with Gasteiger partial charge in [-0.15, -0.1) is 0 Å². The second-order valence-corrected chi connectivity index (χ2v) is 4.09. The second-order valence-electron chi connectivity index (χ2n) is 4.09. The van der Waals surface area contributed by atoms with E-state index in [9.17, 15) is 19.8 Å². The van der Waals surface area contributed by atoms with Crippen molar-refractivity contribution >= 4 is 11.9 Å². The third-order valence-corrected chi connectivity index (χ3v) is 2.19. The number of carboxylic acid groups (broad SMARTS) is 2. The summed E-state index contributed by atoms with van der Waals surface area (Å²) in [7, 11) is 0. The van der Waals surface area contributed by atoms with Crippen molar-refractivity contribution in [2.45, 2.75) is 65.2 Å². The predicted molar refractivity (Wildman–Crippen MR) is 73.9 cm³/mol. The van der Waals surface area contributed by atoms with Gasteiger partial charge in [0.15, 0.2) is 0 Å². The van der Waals surface area contributed by atoms with Crippen LogP contribution in [-0.2, 0) is 26.7 Å². The van der Waals surface area contributed by atoms with Crippen LogP contribution in [0.3, 0.4) is 0 Å². The SMILES string of the molecule is CCCCCC#CC(=O)[O-].CCCCCC#CC(=O)[O-].[Cu+2]. The summed E-state index contributed by atoms with van der Waals surface area (Å²) >= 11 is 0. The van der Waals surface area contributed by atoms with Gasteiger partial charge in [0.1, 0.15) is 11.9 Å². The maximum absolute atomic E-state index is 9.75. The van der Waals surface area contributed by atoms with Crippen molar-refractivity contribution in [3.05, 3.63) is 0 Å². The molecule has 0 atom stereocenters. The minimum atomic E-state index is -1.28. The molecule has 0 aromatic heterocycles. The fourth-order valence-electron chi connectivity index (χ4n) is 1.20. The molecule has 0 amide bonds. The van der Waals surface area contributed by atoms with E-state index in [4.69, 9.17) is 0 Å². The number of carbonyl (C=O) groups is 2. The fraction of sp³-hybridized carbons (Fsp3) is 0.625. The maximum Gasteiger partial charge on any atom is 2.00 e. The molecular weight excluding hydrogens is 320 g/mol. The summed E-state index contributed by atoms with van der Waals surface area (Å²) in [6.45, 7) is 4.18. The van der Waals surface area contributed by atoms with Crippen LogP contribution in [-0.4, -0.2) is 11.9 Å². The van der Waals surface area contributed by atoms with Gasteiger partial charge in [0.2, 0.25) is 0 Å². The van der Waals surface area contributed by atoms with Crippen LogP contribution in [0.2, 0.25) is 0 Å². The summed E-state index contributed by atoms with van der Waals surface area (Å²) in [5.74, 6) is 6.37. The van der Waals surface area contributed by atoms with Crippen LogP contribution in [0, 0.1) is 23.7 Å². The van der Waals surface area contributed by atoms with E-state index >= 15 is 0 Å². The Balaban J connectivity index is -0.000000295. The van der Waals surface area contributed by atoms with Gasteiger partial charge >= 0.3 is 17.1 Å². The Kier molecular flexibility index (Phi) is 24.5. The van der Waals surface area contributed by atoms with Gasteiger partial charge < -0.3 is 19.8 Å². The van der Waals surface area contributed by atoms with E-state index in [1.165, 1.54) is 0 Å². The van der Waals surface area contributed by atoms with E-state index in [0.717, 1.165) is 38.5 Å². The van der Waals surface area contributed by atoms with E-state index in [1.807, 2.05) is 11.8 Å². The fourth-order valence-corrected chi connectivity index (χ4v) is 1.20. The summed E-state index contributed by atoms with van der Waals surface area (Å²) in [5, 5.41) is 19.5. The third kappa shape index (κ3) is 32.3. The first-order valence-electron chi connectivity index (χ1n) is 6.94. The minimum absolute atomic E-state index is 0. The first-order valence-corrected chi connectivity index (χ1v) is 6.94. The number of hydrogen-bond acceptors (Lipinski definition) is 4. The monoisotopic (exact) mass is 341 g/mol. The van der Waals surface area contributed by atoms with Crippen molar-refractivity contribution in [2.75, 3.05) is 0 Å². The molecule has 0 saturated heterocycles. The summed E-state index contributed by atoms with van der Waals surface area (Å²) in [6, 6.07) is 0. The summed E-state index contributed by atoms with van der Waals surface area (Å²) < 4.78 is 0. The Morgan fingerprint density at radius 3 is 1.33 bits per heavy atom. The van der Waals surface area contributed by atoms with Gasteiger partial charge in [-0.3, -0.25) is 0 Å². The van der Waals surface area contributed by atoms with E-state index in [0.29, 0.717) is 12.8 Å². The minimum Gasteiger partial charge on any atom is -0.537 e. The van der Waals surface area contributed by atoms with Gasteiger partial charge in [0, 0.05) is 12.8 Å². The standard InChI is InChI=1S/2C8H12O2.Cu/c2*1-2-3-4-5-6-7-8(9)10;/h2*2-5H2,1H3,(H,9,10);/q;;+2/p-2. The molecule has 0 bridgehead atoms. The van der Waals surface area contributed by atoms with Crippen molar-refractivity contribution in [1.29, 1.82) is 0 Å². The summed E-state index contributed by atoms with van der Waals surface area (Å²) in [5.41, 5.74) is 0. The zero-order valence-electron chi connectivity index (χ0n) is 12.6. The van der Waals surface area contributed by atoms with Crippen LogP contribution in [0.25, 0.3) is 0 Å². The molecule has 0 heterocycles. The molecule has 5 heteroatoms. The molecule has 0 aromatic carbocycles. The average molecular weight is 342 g/mol. The van der Waals surface area contributed by atoms with Crippen LogP contribution in [0.1, 0.15) is 65.2 Å². The molecule has 0 aromatic rings. The van der Waals surface area contributed by atoms with Gasteiger partial charge in [-0.25, -0.2) is 0 Å². The van der Waals surface area contributed by atoms with Crippen molar-refractivity contribution in [1.82, 2.24) is 0 Å². The molecule has 121 valence electrons. The first-order chi connectivity index (χ1) is 9.54. The van der Waals surface area contributed by atoms with E-state index in [1.54, 1.807) is 0 Å². The Morgan fingerprint density at radius 2 is 1.10 bits per heavy atom. The molecular formula is C16H22CuO4. The van der Waals surface area contributed by atoms with Gasteiger partial charge in [0.05, 0.1) is 0 Å². The van der Waals surface area contributed by atoms with Crippen molar-refractivity contribution in [2.24, 2.45) is 0 Å². The number of unbranched alkanes of at least 4 members (excludes halogenated alkanes) is 6. The molecule has 21 heavy (non-hydrogen) atoms. The number of rotatable bonds is 6. The molecule has 1 radical (unpaired) electrons. The van der Waals surface area contributed by atoms with Gasteiger partial charge in [0.25, 0.3) is 0 Å². The number of hydrogen-bond donors (Lipinski definition) is 0. The molecule has 0 N–H and O–H groups in total. The molecule has 4 nitrogen and oxygen atoms in total. The van der Waals surface area contributed by atoms with Gasteiger partial charge in [-0.1, -0.05) is 51.4 Å². The van der Waals surface area contributed by atoms with E-state index in [2.05, 4.69) is 25.7 Å². The summed E-state index contributed by atoms with van der Waals surface area (Å²) in [4.78, 5) is 19.5. The quantitative estimate of drug-likeness (QED) is 0.403. The Bertz CT molecular complexity index is 345. The number of aliphatic carboxylic acids is 2. The van der Waals surface area contributed by atoms with Crippen LogP contribution in [0.15, 0.2) is 0 Å². The van der Waals surface area contributed by atoms with Crippen LogP contribution in [0.5, 0.6) is 0 Å². The Hall–Kier alpha value is -1.42. The molecule has 0 fully saturated rings. The predicted octanol–water partition coefficient (Wildman–Crippen LogP) is 0.638. The molecule has 0 aliphatic rings. The van der Waals surface area contributed by atoms with Crippen LogP contribution < -0.4 is 10.2 Å². The second kappa shape index (κ2) is 20.9. The Morgan fingerprint density at radius 1 is 0.762 bits per heavy atom. The normalized spacial score (nSPS) is 7.71. The molecule has 0 aliphatic heterocycles. The van der Waals surface area contributed by atoms with Crippen molar-refractivity contribution < 1.29 is 36.9 Å². The topological polar surface area (TPSA) is 80.3 Å². The van der Waals surface area contributed by atoms with Crippen LogP contribution >= 0.6 is 0 Å². The smallest absolute Gasteiger partial charge is 0.537 e. The zero-order chi connectivity index (χ0) is 15.6. The average Bonchev–Trinajstić information content (AvgIpc) is 2.38. The molecule has 0 unspecified atom stereocenters. The maximum atomic E-state index is 9.75. The van der Waals surface area contributed by atoms with E-state index in [-0.39, 0.29) is 17.1 Å². The van der Waals surface area contributed by atoms with Gasteiger partial charge in [-0.05, 0) is 24.7 Å². The largest absolute Gasteiger partial charge is 2.00 e. The Labute approximate surface area is 138 Å². The number of carboxylic acids is 2. The van der Waals surface area contributed by atoms with E-state index < -0.39 is 11.9 Å². The van der Waals surface area contributed by atoms with Crippen molar-refractivity contribution in [3.63, 3.8) is 0 Å². The molecule has 0 rings (SSSR count). The number of carbonyl (C=O) groups excluding carboxylic acids is 2. The molecule has 0 saturated carbocycles. The van der Waals surface area contributed by atoms with Gasteiger partial charge in [-0.2, -0.15) is 0 Å².